The summed E-state index contributed by atoms with van der Waals surface area (Å²) in [7, 11) is -0.921. The summed E-state index contributed by atoms with van der Waals surface area (Å²) in [6, 6.07) is 17.6. The lowest BCUT2D eigenvalue weighted by Crippen LogP contribution is -2.14. The number of ether oxygens (including phenoxy) is 2. The van der Waals surface area contributed by atoms with E-state index < -0.39 is 10.0 Å². The molecular weight excluding hydrogens is 352 g/mol. The fourth-order valence-electron chi connectivity index (χ4n) is 2.44. The number of methoxy groups -OCH3 is 2. The van der Waals surface area contributed by atoms with Crippen molar-refractivity contribution in [2.75, 3.05) is 18.9 Å². The van der Waals surface area contributed by atoms with Crippen LogP contribution in [0.3, 0.4) is 0 Å². The average molecular weight is 370 g/mol. The highest BCUT2D eigenvalue weighted by atomic mass is 32.2. The van der Waals surface area contributed by atoms with Crippen molar-refractivity contribution in [1.29, 1.82) is 0 Å². The van der Waals surface area contributed by atoms with Gasteiger partial charge in [-0.15, -0.1) is 0 Å². The van der Waals surface area contributed by atoms with Crippen LogP contribution in [0.1, 0.15) is 0 Å². The van der Waals surface area contributed by atoms with Gasteiger partial charge in [0.05, 0.1) is 31.8 Å². The van der Waals surface area contributed by atoms with Gasteiger partial charge in [0.25, 0.3) is 10.0 Å². The number of benzene rings is 2. The first kappa shape index (κ1) is 17.8. The number of aromatic nitrogens is 1. The van der Waals surface area contributed by atoms with Crippen LogP contribution in [-0.4, -0.2) is 27.6 Å². The third kappa shape index (κ3) is 3.78. The number of nitrogens with zero attached hydrogens (tertiary/aromatic N) is 1. The summed E-state index contributed by atoms with van der Waals surface area (Å²) in [6.07, 6.45) is 1.48. The van der Waals surface area contributed by atoms with Crippen molar-refractivity contribution in [1.82, 2.24) is 4.98 Å². The minimum Gasteiger partial charge on any atom is -0.497 e. The summed E-state index contributed by atoms with van der Waals surface area (Å²) in [5.41, 5.74) is 2.08. The molecule has 7 heteroatoms. The minimum absolute atomic E-state index is 0.0212. The maximum atomic E-state index is 12.7. The van der Waals surface area contributed by atoms with Crippen molar-refractivity contribution < 1.29 is 17.9 Å². The van der Waals surface area contributed by atoms with Crippen LogP contribution in [0, 0.1) is 0 Å². The predicted octanol–water partition coefficient (Wildman–Crippen LogP) is 3.57. The lowest BCUT2D eigenvalue weighted by atomic mass is 10.1. The van der Waals surface area contributed by atoms with E-state index in [2.05, 4.69) is 9.71 Å². The molecule has 134 valence electrons. The van der Waals surface area contributed by atoms with Gasteiger partial charge >= 0.3 is 0 Å². The van der Waals surface area contributed by atoms with E-state index in [1.165, 1.54) is 32.5 Å². The van der Waals surface area contributed by atoms with E-state index in [0.717, 1.165) is 11.3 Å². The van der Waals surface area contributed by atoms with E-state index >= 15 is 0 Å². The zero-order valence-corrected chi connectivity index (χ0v) is 15.2. The first-order chi connectivity index (χ1) is 12.5. The Kier molecular flexibility index (Phi) is 5.09. The van der Waals surface area contributed by atoms with Crippen LogP contribution in [0.15, 0.2) is 71.8 Å². The number of pyridine rings is 1. The molecule has 0 bridgehead atoms. The number of sulfonamides is 1. The summed E-state index contributed by atoms with van der Waals surface area (Å²) in [6.45, 7) is 0. The van der Waals surface area contributed by atoms with Gasteiger partial charge in [-0.3, -0.25) is 9.71 Å². The molecule has 1 N–H and O–H groups in total. The number of anilines is 1. The SMILES string of the molecule is COc1ccc(S(=O)(=O)Nc2ccc(-c3ccccc3)nc2)c(OC)c1. The summed E-state index contributed by atoms with van der Waals surface area (Å²) < 4.78 is 38.1. The standard InChI is InChI=1S/C19H18N2O4S/c1-24-16-9-11-19(18(12-16)25-2)26(22,23)21-15-8-10-17(20-13-15)14-6-4-3-5-7-14/h3-13,21H,1-2H3. The van der Waals surface area contributed by atoms with Gasteiger partial charge in [-0.1, -0.05) is 30.3 Å². The molecule has 0 aliphatic rings. The Morgan fingerprint density at radius 1 is 0.923 bits per heavy atom. The fourth-order valence-corrected chi connectivity index (χ4v) is 3.64. The second kappa shape index (κ2) is 7.45. The van der Waals surface area contributed by atoms with Gasteiger partial charge in [0.1, 0.15) is 16.4 Å². The first-order valence-corrected chi connectivity index (χ1v) is 9.28. The molecule has 0 amide bonds. The molecule has 0 aliphatic carbocycles. The topological polar surface area (TPSA) is 77.5 Å². The monoisotopic (exact) mass is 370 g/mol. The van der Waals surface area contributed by atoms with E-state index in [0.29, 0.717) is 11.4 Å². The second-order valence-corrected chi connectivity index (χ2v) is 7.07. The Bertz CT molecular complexity index is 988. The normalized spacial score (nSPS) is 11.0. The zero-order valence-electron chi connectivity index (χ0n) is 14.3. The molecule has 0 spiro atoms. The quantitative estimate of drug-likeness (QED) is 0.718. The van der Waals surface area contributed by atoms with Gasteiger partial charge in [-0.05, 0) is 24.3 Å². The first-order valence-electron chi connectivity index (χ1n) is 7.80. The Morgan fingerprint density at radius 2 is 1.69 bits per heavy atom. The summed E-state index contributed by atoms with van der Waals surface area (Å²) >= 11 is 0. The highest BCUT2D eigenvalue weighted by Crippen LogP contribution is 2.30. The van der Waals surface area contributed by atoms with Gasteiger partial charge in [-0.25, -0.2) is 8.42 Å². The molecule has 1 heterocycles. The van der Waals surface area contributed by atoms with Crippen LogP contribution < -0.4 is 14.2 Å². The molecule has 26 heavy (non-hydrogen) atoms. The van der Waals surface area contributed by atoms with Crippen molar-refractivity contribution in [3.05, 3.63) is 66.9 Å². The summed E-state index contributed by atoms with van der Waals surface area (Å²) in [4.78, 5) is 4.34. The molecule has 3 rings (SSSR count). The average Bonchev–Trinajstić information content (AvgIpc) is 2.68. The largest absolute Gasteiger partial charge is 0.497 e. The maximum Gasteiger partial charge on any atom is 0.265 e. The summed E-state index contributed by atoms with van der Waals surface area (Å²) in [5.74, 6) is 0.709. The lowest BCUT2D eigenvalue weighted by molar-refractivity contribution is 0.386. The van der Waals surface area contributed by atoms with Gasteiger partial charge < -0.3 is 9.47 Å². The van der Waals surface area contributed by atoms with E-state index in [9.17, 15) is 8.42 Å². The molecule has 0 saturated carbocycles. The molecule has 0 saturated heterocycles. The molecule has 0 radical (unpaired) electrons. The fraction of sp³-hybridized carbons (Fsp3) is 0.105. The van der Waals surface area contributed by atoms with Crippen LogP contribution in [0.25, 0.3) is 11.3 Å². The zero-order chi connectivity index (χ0) is 18.6. The molecular formula is C19H18N2O4S. The number of hydrogen-bond acceptors (Lipinski definition) is 5. The highest BCUT2D eigenvalue weighted by Gasteiger charge is 2.20. The number of nitrogens with one attached hydrogen (secondary N) is 1. The third-order valence-electron chi connectivity index (χ3n) is 3.75. The Morgan fingerprint density at radius 3 is 2.31 bits per heavy atom. The molecule has 1 aromatic heterocycles. The van der Waals surface area contributed by atoms with Crippen molar-refractivity contribution in [2.24, 2.45) is 0 Å². The van der Waals surface area contributed by atoms with Crippen molar-refractivity contribution >= 4 is 15.7 Å². The smallest absolute Gasteiger partial charge is 0.265 e. The van der Waals surface area contributed by atoms with E-state index in [4.69, 9.17) is 9.47 Å². The maximum absolute atomic E-state index is 12.7. The van der Waals surface area contributed by atoms with Crippen LogP contribution in [-0.2, 0) is 10.0 Å². The molecule has 0 aliphatic heterocycles. The van der Waals surface area contributed by atoms with Gasteiger partial charge in [0, 0.05) is 11.6 Å². The molecule has 0 atom stereocenters. The third-order valence-corrected chi connectivity index (χ3v) is 5.17. The number of hydrogen-bond donors (Lipinski definition) is 1. The second-order valence-electron chi connectivity index (χ2n) is 5.42. The van der Waals surface area contributed by atoms with Gasteiger partial charge in [0.2, 0.25) is 0 Å². The Balaban J connectivity index is 1.86. The van der Waals surface area contributed by atoms with Crippen molar-refractivity contribution in [3.8, 4) is 22.8 Å². The molecule has 0 fully saturated rings. The summed E-state index contributed by atoms with van der Waals surface area (Å²) in [5, 5.41) is 0. The van der Waals surface area contributed by atoms with E-state index in [1.807, 2.05) is 30.3 Å². The van der Waals surface area contributed by atoms with Crippen LogP contribution in [0.5, 0.6) is 11.5 Å². The van der Waals surface area contributed by atoms with Crippen molar-refractivity contribution in [2.45, 2.75) is 4.90 Å². The van der Waals surface area contributed by atoms with Gasteiger partial charge in [0.15, 0.2) is 0 Å². The lowest BCUT2D eigenvalue weighted by Gasteiger charge is -2.12. The Labute approximate surface area is 152 Å². The number of rotatable bonds is 6. The Hall–Kier alpha value is -3.06. The predicted molar refractivity (Wildman–Crippen MR) is 100 cm³/mol. The van der Waals surface area contributed by atoms with E-state index in [1.54, 1.807) is 18.2 Å². The highest BCUT2D eigenvalue weighted by molar-refractivity contribution is 7.92. The molecule has 2 aromatic carbocycles. The van der Waals surface area contributed by atoms with Crippen LogP contribution in [0.2, 0.25) is 0 Å². The minimum atomic E-state index is -3.83. The molecule has 0 unspecified atom stereocenters. The van der Waals surface area contributed by atoms with Gasteiger partial charge in [-0.2, -0.15) is 0 Å². The van der Waals surface area contributed by atoms with E-state index in [-0.39, 0.29) is 10.6 Å². The molecule has 6 nitrogen and oxygen atoms in total. The van der Waals surface area contributed by atoms with Crippen LogP contribution in [0.4, 0.5) is 5.69 Å². The molecule has 3 aromatic rings. The van der Waals surface area contributed by atoms with Crippen molar-refractivity contribution in [3.63, 3.8) is 0 Å². The van der Waals surface area contributed by atoms with Crippen LogP contribution >= 0.6 is 0 Å².